The summed E-state index contributed by atoms with van der Waals surface area (Å²) in [4.78, 5) is 0. The lowest BCUT2D eigenvalue weighted by atomic mass is 9.49. The van der Waals surface area contributed by atoms with Gasteiger partial charge in [0.05, 0.1) is 17.8 Å². The summed E-state index contributed by atoms with van der Waals surface area (Å²) in [5.41, 5.74) is 2.99. The van der Waals surface area contributed by atoms with Crippen LogP contribution in [0, 0.1) is 34.5 Å². The number of allylic oxidation sites excluding steroid dienone is 3. The molecule has 0 heterocycles. The molecule has 0 aromatic rings. The van der Waals surface area contributed by atoms with Gasteiger partial charge in [0.2, 0.25) is 0 Å². The first-order chi connectivity index (χ1) is 16.0. The smallest absolute Gasteiger partial charge is 0.0845 e. The van der Waals surface area contributed by atoms with Gasteiger partial charge in [-0.2, -0.15) is 0 Å². The van der Waals surface area contributed by atoms with Crippen molar-refractivity contribution in [1.82, 2.24) is 0 Å². The van der Waals surface area contributed by atoms with Crippen LogP contribution in [0.3, 0.4) is 0 Å². The van der Waals surface area contributed by atoms with Crippen LogP contribution in [0.1, 0.15) is 98.8 Å². The second-order valence-electron chi connectivity index (χ2n) is 13.3. The minimum Gasteiger partial charge on any atom is -0.396 e. The van der Waals surface area contributed by atoms with Crippen LogP contribution in [-0.4, -0.2) is 46.3 Å². The van der Waals surface area contributed by atoms with Gasteiger partial charge in [-0.25, -0.2) is 0 Å². The molecule has 4 nitrogen and oxygen atoms in total. The van der Waals surface area contributed by atoms with E-state index in [0.29, 0.717) is 42.6 Å². The fourth-order valence-corrected chi connectivity index (χ4v) is 8.51. The SMILES string of the molecule is C[C@H](CCCC(C)(C)O)C1CCC2C3=CC=C4C[C@@H](O)C(OCCCO)CC4(C)C3CCC21C. The van der Waals surface area contributed by atoms with Crippen molar-refractivity contribution in [2.75, 3.05) is 13.2 Å². The molecule has 194 valence electrons. The molecule has 0 saturated heterocycles. The van der Waals surface area contributed by atoms with Gasteiger partial charge < -0.3 is 20.1 Å². The Hall–Kier alpha value is -0.680. The van der Waals surface area contributed by atoms with Crippen LogP contribution in [0.4, 0.5) is 0 Å². The minimum atomic E-state index is -0.556. The molecule has 0 bridgehead atoms. The average Bonchev–Trinajstić information content (AvgIpc) is 3.11. The van der Waals surface area contributed by atoms with Gasteiger partial charge in [-0.15, -0.1) is 0 Å². The molecule has 6 unspecified atom stereocenters. The number of rotatable bonds is 9. The lowest BCUT2D eigenvalue weighted by Gasteiger charge is -2.56. The van der Waals surface area contributed by atoms with Gasteiger partial charge in [0.25, 0.3) is 0 Å². The number of aliphatic hydroxyl groups is 3. The van der Waals surface area contributed by atoms with E-state index in [4.69, 9.17) is 9.84 Å². The molecule has 34 heavy (non-hydrogen) atoms. The lowest BCUT2D eigenvalue weighted by molar-refractivity contribution is -0.0860. The van der Waals surface area contributed by atoms with Crippen molar-refractivity contribution in [3.63, 3.8) is 0 Å². The van der Waals surface area contributed by atoms with E-state index in [0.717, 1.165) is 25.2 Å². The van der Waals surface area contributed by atoms with E-state index in [9.17, 15) is 10.2 Å². The van der Waals surface area contributed by atoms with Crippen molar-refractivity contribution >= 4 is 0 Å². The van der Waals surface area contributed by atoms with Gasteiger partial charge in [0, 0.05) is 13.2 Å². The standard InChI is InChI=1S/C30H50O4/c1-20(8-6-14-28(2,3)33)23-11-12-24-22-10-9-21-18-26(32)27(34-17-7-16-31)19-30(21,5)25(22)13-15-29(23,24)4/h9-10,20,23-27,31-33H,6-8,11-19H2,1-5H3/t20-,23?,24?,25?,26-,27?,29?,30?/m1/s1. The highest BCUT2D eigenvalue weighted by Gasteiger charge is 2.57. The third-order valence-electron chi connectivity index (χ3n) is 10.4. The monoisotopic (exact) mass is 474 g/mol. The summed E-state index contributed by atoms with van der Waals surface area (Å²) < 4.78 is 6.07. The van der Waals surface area contributed by atoms with Crippen molar-refractivity contribution in [3.05, 3.63) is 23.3 Å². The molecule has 0 aromatic carbocycles. The Labute approximate surface area is 207 Å². The lowest BCUT2D eigenvalue weighted by Crippen LogP contribution is -2.50. The highest BCUT2D eigenvalue weighted by molar-refractivity contribution is 5.39. The Balaban J connectivity index is 1.48. The summed E-state index contributed by atoms with van der Waals surface area (Å²) in [7, 11) is 0. The first-order valence-electron chi connectivity index (χ1n) is 14.0. The zero-order valence-electron chi connectivity index (χ0n) is 22.4. The maximum Gasteiger partial charge on any atom is 0.0845 e. The number of fused-ring (bicyclic) bond motifs is 5. The van der Waals surface area contributed by atoms with Crippen LogP contribution in [0.2, 0.25) is 0 Å². The Bertz CT molecular complexity index is 779. The Morgan fingerprint density at radius 1 is 1.12 bits per heavy atom. The molecule has 0 aromatic heterocycles. The summed E-state index contributed by atoms with van der Waals surface area (Å²) in [6.45, 7) is 12.0. The molecule has 3 N–H and O–H groups in total. The van der Waals surface area contributed by atoms with Gasteiger partial charge in [-0.1, -0.05) is 56.9 Å². The molecular weight excluding hydrogens is 424 g/mol. The molecule has 4 aliphatic rings. The Kier molecular flexibility index (Phi) is 7.76. The van der Waals surface area contributed by atoms with Crippen LogP contribution in [0.25, 0.3) is 0 Å². The van der Waals surface area contributed by atoms with E-state index in [1.807, 2.05) is 13.8 Å². The third kappa shape index (κ3) is 4.94. The maximum atomic E-state index is 10.8. The number of hydrogen-bond acceptors (Lipinski definition) is 4. The number of ether oxygens (including phenoxy) is 1. The number of aliphatic hydroxyl groups excluding tert-OH is 2. The van der Waals surface area contributed by atoms with Crippen LogP contribution < -0.4 is 0 Å². The van der Waals surface area contributed by atoms with E-state index in [1.54, 1.807) is 5.57 Å². The minimum absolute atomic E-state index is 0.0743. The van der Waals surface area contributed by atoms with Gasteiger partial charge in [0.1, 0.15) is 0 Å². The largest absolute Gasteiger partial charge is 0.396 e. The first kappa shape index (κ1) is 26.4. The second-order valence-corrected chi connectivity index (χ2v) is 13.3. The molecular formula is C30H50O4. The first-order valence-corrected chi connectivity index (χ1v) is 14.0. The van der Waals surface area contributed by atoms with Crippen LogP contribution in [-0.2, 0) is 4.74 Å². The summed E-state index contributed by atoms with van der Waals surface area (Å²) >= 11 is 0. The van der Waals surface area contributed by atoms with Gasteiger partial charge in [0.15, 0.2) is 0 Å². The van der Waals surface area contributed by atoms with Crippen molar-refractivity contribution in [3.8, 4) is 0 Å². The molecule has 4 heteroatoms. The summed E-state index contributed by atoms with van der Waals surface area (Å²) in [6.07, 6.45) is 14.8. The highest BCUT2D eigenvalue weighted by Crippen LogP contribution is 2.66. The van der Waals surface area contributed by atoms with Gasteiger partial charge >= 0.3 is 0 Å². The molecule has 3 saturated carbocycles. The van der Waals surface area contributed by atoms with Crippen molar-refractivity contribution < 1.29 is 20.1 Å². The zero-order valence-corrected chi connectivity index (χ0v) is 22.4. The van der Waals surface area contributed by atoms with Crippen LogP contribution in [0.15, 0.2) is 23.3 Å². The molecule has 3 fully saturated rings. The predicted molar refractivity (Wildman–Crippen MR) is 137 cm³/mol. The Morgan fingerprint density at radius 3 is 2.59 bits per heavy atom. The van der Waals surface area contributed by atoms with Crippen LogP contribution in [0.5, 0.6) is 0 Å². The third-order valence-corrected chi connectivity index (χ3v) is 10.4. The molecule has 0 aliphatic heterocycles. The Morgan fingerprint density at radius 2 is 1.88 bits per heavy atom. The van der Waals surface area contributed by atoms with E-state index >= 15 is 0 Å². The molecule has 0 spiro atoms. The van der Waals surface area contributed by atoms with Crippen molar-refractivity contribution in [1.29, 1.82) is 0 Å². The highest BCUT2D eigenvalue weighted by atomic mass is 16.5. The molecule has 4 rings (SSSR count). The normalized spacial score (nSPS) is 40.6. The topological polar surface area (TPSA) is 69.9 Å². The zero-order chi connectivity index (χ0) is 24.7. The average molecular weight is 475 g/mol. The summed E-state index contributed by atoms with van der Waals surface area (Å²) in [5, 5.41) is 30.0. The summed E-state index contributed by atoms with van der Waals surface area (Å²) in [5.74, 6) is 2.70. The fraction of sp³-hybridized carbons (Fsp3) is 0.867. The van der Waals surface area contributed by atoms with Gasteiger partial charge in [-0.05, 0) is 99.7 Å². The predicted octanol–water partition coefficient (Wildman–Crippen LogP) is 5.80. The van der Waals surface area contributed by atoms with E-state index in [2.05, 4.69) is 32.9 Å². The van der Waals surface area contributed by atoms with Gasteiger partial charge in [-0.3, -0.25) is 0 Å². The van der Waals surface area contributed by atoms with E-state index in [-0.39, 0.29) is 18.1 Å². The molecule has 4 aliphatic carbocycles. The summed E-state index contributed by atoms with van der Waals surface area (Å²) in [6, 6.07) is 0. The van der Waals surface area contributed by atoms with Crippen molar-refractivity contribution in [2.45, 2.75) is 117 Å². The van der Waals surface area contributed by atoms with Crippen LogP contribution >= 0.6 is 0 Å². The quantitative estimate of drug-likeness (QED) is 0.369. The molecule has 0 amide bonds. The number of hydrogen-bond donors (Lipinski definition) is 3. The van der Waals surface area contributed by atoms with E-state index in [1.165, 1.54) is 37.7 Å². The maximum absolute atomic E-state index is 10.8. The fourth-order valence-electron chi connectivity index (χ4n) is 8.51. The molecule has 0 radical (unpaired) electrons. The second kappa shape index (κ2) is 10.00. The molecule has 8 atom stereocenters. The van der Waals surface area contributed by atoms with Crippen molar-refractivity contribution in [2.24, 2.45) is 34.5 Å². The van der Waals surface area contributed by atoms with E-state index < -0.39 is 11.7 Å².